The van der Waals surface area contributed by atoms with Crippen molar-refractivity contribution >= 4 is 5.97 Å². The minimum Gasteiger partial charge on any atom is -0.469 e. The summed E-state index contributed by atoms with van der Waals surface area (Å²) in [5, 5.41) is 10.8. The summed E-state index contributed by atoms with van der Waals surface area (Å²) in [4.78, 5) is 11.4. The standard InChI is InChI=1S/C31H48O5/c1-22(2)10-9-11-23(3)18-26(32)15-16-27-28-20-24(12-5-6-13-30(33)34-4)19-25(28)21-29(27)36-31-14-7-8-17-35-31/h5,10,12,15-16,19,23,25-29,31-32H,6-9,11,13-14,17-18,20-21H2,1-4H3/b12-5?,16-15-/t23-,25+,26?,27+,28+,29-,31?/m1/s1. The summed E-state index contributed by atoms with van der Waals surface area (Å²) in [5.74, 6) is 1.55. The predicted molar refractivity (Wildman–Crippen MR) is 144 cm³/mol. The second kappa shape index (κ2) is 14.9. The average molecular weight is 501 g/mol. The van der Waals surface area contributed by atoms with Crippen molar-refractivity contribution in [3.05, 3.63) is 47.6 Å². The molecule has 0 bridgehead atoms. The summed E-state index contributed by atoms with van der Waals surface area (Å²) < 4.78 is 17.1. The van der Waals surface area contributed by atoms with Crippen LogP contribution in [0.4, 0.5) is 0 Å². The summed E-state index contributed by atoms with van der Waals surface area (Å²) in [5.41, 5.74) is 2.70. The normalized spacial score (nSPS) is 29.8. The van der Waals surface area contributed by atoms with Gasteiger partial charge in [0, 0.05) is 18.9 Å². The van der Waals surface area contributed by atoms with E-state index in [-0.39, 0.29) is 24.3 Å². The van der Waals surface area contributed by atoms with Crippen LogP contribution in [-0.2, 0) is 19.0 Å². The van der Waals surface area contributed by atoms with Gasteiger partial charge in [-0.25, -0.2) is 0 Å². The van der Waals surface area contributed by atoms with Gasteiger partial charge in [0.25, 0.3) is 0 Å². The third kappa shape index (κ3) is 9.32. The molecule has 36 heavy (non-hydrogen) atoms. The third-order valence-electron chi connectivity index (χ3n) is 7.83. The molecular weight excluding hydrogens is 452 g/mol. The van der Waals surface area contributed by atoms with Crippen LogP contribution in [0.25, 0.3) is 0 Å². The fraction of sp³-hybridized carbons (Fsp3) is 0.710. The number of carbonyl (C=O) groups is 1. The molecule has 1 saturated heterocycles. The Labute approximate surface area is 218 Å². The van der Waals surface area contributed by atoms with E-state index in [1.165, 1.54) is 18.3 Å². The molecule has 3 aliphatic rings. The molecule has 0 aromatic rings. The molecule has 5 nitrogen and oxygen atoms in total. The fourth-order valence-electron chi connectivity index (χ4n) is 5.87. The Morgan fingerprint density at radius 2 is 2.11 bits per heavy atom. The van der Waals surface area contributed by atoms with Crippen LogP contribution in [0.1, 0.15) is 85.0 Å². The number of allylic oxidation sites excluding steroid dienone is 6. The van der Waals surface area contributed by atoms with Crippen LogP contribution in [0.3, 0.4) is 0 Å². The number of aliphatic hydroxyl groups is 1. The molecule has 2 fully saturated rings. The Hall–Kier alpha value is -1.69. The molecule has 0 amide bonds. The number of ether oxygens (including phenoxy) is 3. The Morgan fingerprint density at radius 3 is 2.83 bits per heavy atom. The highest BCUT2D eigenvalue weighted by molar-refractivity contribution is 5.69. The van der Waals surface area contributed by atoms with E-state index in [0.29, 0.717) is 30.6 Å². The third-order valence-corrected chi connectivity index (χ3v) is 7.83. The molecule has 2 aliphatic carbocycles. The molecule has 1 heterocycles. The fourth-order valence-corrected chi connectivity index (χ4v) is 5.87. The quantitative estimate of drug-likeness (QED) is 0.226. The van der Waals surface area contributed by atoms with Gasteiger partial charge < -0.3 is 19.3 Å². The van der Waals surface area contributed by atoms with Crippen LogP contribution in [0.2, 0.25) is 0 Å². The smallest absolute Gasteiger partial charge is 0.305 e. The summed E-state index contributed by atoms with van der Waals surface area (Å²) in [6.07, 6.45) is 22.1. The lowest BCUT2D eigenvalue weighted by atomic mass is 9.88. The minimum atomic E-state index is -0.426. The second-order valence-corrected chi connectivity index (χ2v) is 11.2. The Balaban J connectivity index is 1.59. The number of methoxy groups -OCH3 is 1. The topological polar surface area (TPSA) is 65.0 Å². The Kier molecular flexibility index (Phi) is 12.0. The summed E-state index contributed by atoms with van der Waals surface area (Å²) >= 11 is 0. The molecule has 202 valence electrons. The molecule has 0 spiro atoms. The van der Waals surface area contributed by atoms with Crippen molar-refractivity contribution in [1.82, 2.24) is 0 Å². The van der Waals surface area contributed by atoms with Crippen molar-refractivity contribution in [3.63, 3.8) is 0 Å². The summed E-state index contributed by atoms with van der Waals surface area (Å²) in [6.45, 7) is 7.28. The van der Waals surface area contributed by atoms with Gasteiger partial charge in [-0.1, -0.05) is 54.5 Å². The van der Waals surface area contributed by atoms with Gasteiger partial charge in [0.2, 0.25) is 0 Å². The van der Waals surface area contributed by atoms with Gasteiger partial charge in [0.05, 0.1) is 19.3 Å². The van der Waals surface area contributed by atoms with Crippen molar-refractivity contribution in [2.75, 3.05) is 13.7 Å². The molecule has 0 radical (unpaired) electrons. The first-order chi connectivity index (χ1) is 17.4. The van der Waals surface area contributed by atoms with Gasteiger partial charge in [-0.15, -0.1) is 0 Å². The number of aliphatic hydroxyl groups excluding tert-OH is 1. The van der Waals surface area contributed by atoms with E-state index in [1.54, 1.807) is 0 Å². The minimum absolute atomic E-state index is 0.0971. The first-order valence-electron chi connectivity index (χ1n) is 14.1. The van der Waals surface area contributed by atoms with Gasteiger partial charge in [0.15, 0.2) is 6.29 Å². The zero-order valence-electron chi connectivity index (χ0n) is 22.9. The van der Waals surface area contributed by atoms with Crippen molar-refractivity contribution < 1.29 is 24.1 Å². The number of rotatable bonds is 13. The predicted octanol–water partition coefficient (Wildman–Crippen LogP) is 6.68. The molecule has 1 N–H and O–H groups in total. The Bertz CT molecular complexity index is 800. The molecule has 1 aliphatic heterocycles. The van der Waals surface area contributed by atoms with Crippen LogP contribution < -0.4 is 0 Å². The monoisotopic (exact) mass is 500 g/mol. The van der Waals surface area contributed by atoms with Gasteiger partial charge >= 0.3 is 5.97 Å². The lowest BCUT2D eigenvalue weighted by molar-refractivity contribution is -0.192. The van der Waals surface area contributed by atoms with E-state index >= 15 is 0 Å². The highest BCUT2D eigenvalue weighted by Gasteiger charge is 2.45. The van der Waals surface area contributed by atoms with E-state index in [1.807, 2.05) is 6.08 Å². The van der Waals surface area contributed by atoms with Crippen LogP contribution in [0.15, 0.2) is 47.6 Å². The maximum absolute atomic E-state index is 11.4. The highest BCUT2D eigenvalue weighted by Crippen LogP contribution is 2.49. The van der Waals surface area contributed by atoms with Crippen LogP contribution in [0, 0.1) is 23.7 Å². The molecule has 0 aromatic heterocycles. The van der Waals surface area contributed by atoms with Gasteiger partial charge in [0.1, 0.15) is 0 Å². The van der Waals surface area contributed by atoms with Crippen molar-refractivity contribution in [2.24, 2.45) is 23.7 Å². The van der Waals surface area contributed by atoms with Crippen LogP contribution in [-0.4, -0.2) is 43.3 Å². The van der Waals surface area contributed by atoms with Crippen molar-refractivity contribution in [3.8, 4) is 0 Å². The Morgan fingerprint density at radius 1 is 1.28 bits per heavy atom. The molecule has 2 unspecified atom stereocenters. The molecule has 5 heteroatoms. The molecule has 0 aromatic carbocycles. The zero-order valence-corrected chi connectivity index (χ0v) is 22.9. The highest BCUT2D eigenvalue weighted by atomic mass is 16.7. The SMILES string of the molecule is COC(=O)CCC=CC1=C[C@H]2C[C@@H](OC3CCCCO3)[C@@H](/C=C\C(O)C[C@H](C)CCC=C(C)C)[C@H]2C1. The lowest BCUT2D eigenvalue weighted by Crippen LogP contribution is -2.30. The molecule has 7 atom stereocenters. The summed E-state index contributed by atoms with van der Waals surface area (Å²) in [7, 11) is 1.43. The number of carbonyl (C=O) groups excluding carboxylic acids is 1. The first-order valence-corrected chi connectivity index (χ1v) is 14.1. The summed E-state index contributed by atoms with van der Waals surface area (Å²) in [6, 6.07) is 0. The lowest BCUT2D eigenvalue weighted by Gasteiger charge is -2.29. The number of hydrogen-bond donors (Lipinski definition) is 1. The van der Waals surface area contributed by atoms with Gasteiger partial charge in [-0.3, -0.25) is 4.79 Å². The van der Waals surface area contributed by atoms with Crippen molar-refractivity contribution in [1.29, 1.82) is 0 Å². The van der Waals surface area contributed by atoms with E-state index in [2.05, 4.69) is 51.2 Å². The van der Waals surface area contributed by atoms with Crippen molar-refractivity contribution in [2.45, 2.75) is 103 Å². The number of fused-ring (bicyclic) bond motifs is 1. The zero-order chi connectivity index (χ0) is 25.9. The van der Waals surface area contributed by atoms with E-state index in [0.717, 1.165) is 58.0 Å². The largest absolute Gasteiger partial charge is 0.469 e. The van der Waals surface area contributed by atoms with E-state index in [4.69, 9.17) is 14.2 Å². The molecule has 1 saturated carbocycles. The molecular formula is C31H48O5. The van der Waals surface area contributed by atoms with Crippen LogP contribution >= 0.6 is 0 Å². The maximum atomic E-state index is 11.4. The molecule has 3 rings (SSSR count). The van der Waals surface area contributed by atoms with Crippen LogP contribution in [0.5, 0.6) is 0 Å². The maximum Gasteiger partial charge on any atom is 0.305 e. The van der Waals surface area contributed by atoms with Gasteiger partial charge in [-0.05, 0) is 89.4 Å². The van der Waals surface area contributed by atoms with E-state index < -0.39 is 6.10 Å². The first kappa shape index (κ1) is 28.9. The average Bonchev–Trinajstić information content (AvgIpc) is 3.37. The number of esters is 1. The van der Waals surface area contributed by atoms with Gasteiger partial charge in [-0.2, -0.15) is 0 Å². The van der Waals surface area contributed by atoms with E-state index in [9.17, 15) is 9.90 Å². The second-order valence-electron chi connectivity index (χ2n) is 11.2. The number of hydrogen-bond acceptors (Lipinski definition) is 5.